The van der Waals surface area contributed by atoms with Crippen LogP contribution in [-0.4, -0.2) is 82.0 Å². The number of fused-ring (bicyclic) bond motifs is 3. The molecule has 4 N–H and O–H groups in total. The van der Waals surface area contributed by atoms with E-state index in [0.717, 1.165) is 33.4 Å². The van der Waals surface area contributed by atoms with Gasteiger partial charge < -0.3 is 44.0 Å². The van der Waals surface area contributed by atoms with Crippen molar-refractivity contribution in [3.05, 3.63) is 201 Å². The first-order valence-electron chi connectivity index (χ1n) is 22.0. The van der Waals surface area contributed by atoms with Crippen LogP contribution in [0.25, 0.3) is 50.6 Å². The zero-order valence-electron chi connectivity index (χ0n) is 37.3. The number of aromatic carboxylic acids is 1. The smallest absolute Gasteiger partial charge is 0.335 e. The molecule has 3 atom stereocenters. The Balaban J connectivity index is 0.941. The van der Waals surface area contributed by atoms with Crippen LogP contribution in [0.5, 0.6) is 5.75 Å². The highest BCUT2D eigenvalue weighted by atomic mass is 16.4. The van der Waals surface area contributed by atoms with Crippen LogP contribution in [0.2, 0.25) is 0 Å². The number of aromatic nitrogens is 4. The SMILES string of the molecule is CN1C(N(C)C(c2ccccc2)c2cccc(C(=O)O)c2)=NC(c2nc3cc(-c4ccc5c(c4)CN(c4nc(-c6nc7ccccc7o6)c(O)c(=O)n4C)C5c4ccccc4)ccc3o2)=C(O)C1O. The number of hydrogen-bond donors (Lipinski definition) is 4. The van der Waals surface area contributed by atoms with Gasteiger partial charge >= 0.3 is 5.97 Å². The van der Waals surface area contributed by atoms with Gasteiger partial charge in [-0.05, 0) is 81.4 Å². The van der Waals surface area contributed by atoms with Gasteiger partial charge in [-0.2, -0.15) is 0 Å². The Bertz CT molecular complexity index is 3590. The molecule has 2 aliphatic heterocycles. The minimum Gasteiger partial charge on any atom is -0.506 e. The summed E-state index contributed by atoms with van der Waals surface area (Å²) in [5.41, 5.74) is 7.51. The third-order valence-electron chi connectivity index (χ3n) is 12.8. The van der Waals surface area contributed by atoms with Crippen molar-refractivity contribution in [1.82, 2.24) is 29.3 Å². The lowest BCUT2D eigenvalue weighted by Crippen LogP contribution is -2.49. The minimum atomic E-state index is -1.51. The summed E-state index contributed by atoms with van der Waals surface area (Å²) >= 11 is 0. The van der Waals surface area contributed by atoms with E-state index in [0.29, 0.717) is 40.3 Å². The maximum atomic E-state index is 13.7. The van der Waals surface area contributed by atoms with Crippen molar-refractivity contribution in [2.24, 2.45) is 12.0 Å². The summed E-state index contributed by atoms with van der Waals surface area (Å²) in [6, 6.07) is 44.1. The van der Waals surface area contributed by atoms with Gasteiger partial charge in [0.1, 0.15) is 11.0 Å². The van der Waals surface area contributed by atoms with Crippen molar-refractivity contribution in [1.29, 1.82) is 0 Å². The van der Waals surface area contributed by atoms with Crippen LogP contribution in [0, 0.1) is 0 Å². The van der Waals surface area contributed by atoms with Crippen LogP contribution >= 0.6 is 0 Å². The number of para-hydroxylation sites is 2. The third-order valence-corrected chi connectivity index (χ3v) is 12.8. The fraction of sp³-hybridized carbons (Fsp3) is 0.132. The molecule has 0 amide bonds. The molecule has 0 spiro atoms. The van der Waals surface area contributed by atoms with Crippen LogP contribution in [0.1, 0.15) is 56.1 Å². The molecule has 3 aromatic heterocycles. The number of aliphatic hydroxyl groups excluding tert-OH is 2. The number of hydrogen-bond acceptors (Lipinski definition) is 14. The van der Waals surface area contributed by atoms with Crippen LogP contribution in [0.4, 0.5) is 5.95 Å². The van der Waals surface area contributed by atoms with E-state index in [2.05, 4.69) is 17.1 Å². The van der Waals surface area contributed by atoms with Gasteiger partial charge in [0.05, 0.1) is 17.6 Å². The van der Waals surface area contributed by atoms with Gasteiger partial charge in [0.15, 0.2) is 34.5 Å². The number of aliphatic imine (C=N–C) groups is 1. The number of carboxylic acid groups (broad SMARTS) is 1. The summed E-state index contributed by atoms with van der Waals surface area (Å²) in [7, 11) is 4.95. The van der Waals surface area contributed by atoms with E-state index < -0.39 is 35.3 Å². The van der Waals surface area contributed by atoms with Gasteiger partial charge in [0.2, 0.25) is 23.5 Å². The highest BCUT2D eigenvalue weighted by molar-refractivity contribution is 5.91. The fourth-order valence-electron chi connectivity index (χ4n) is 9.35. The standard InChI is InChI=1S/C53H42N8O8/c1-58(43(29-13-6-4-7-14-29)33-17-12-18-34(26-33)51(66)67)52-56-41(45(62)49(64)59(52)2)48-55-38-27-32(22-24-40(38)69-48)31-21-23-36-35(25-31)28-61(44(36)30-15-8-5-9-16-30)53-57-42(46(63)50(65)60(53)3)47-54-37-19-10-11-20-39(37)68-47/h4-27,43-44,49,62-64H,28H2,1-3H3,(H,66,67). The van der Waals surface area contributed by atoms with E-state index in [9.17, 15) is 30.0 Å². The second-order valence-corrected chi connectivity index (χ2v) is 17.0. The number of carboxylic acids is 1. The predicted molar refractivity (Wildman–Crippen MR) is 258 cm³/mol. The van der Waals surface area contributed by atoms with Crippen molar-refractivity contribution >= 4 is 45.8 Å². The molecular formula is C53H42N8O8. The molecule has 3 unspecified atom stereocenters. The molecule has 6 aromatic carbocycles. The largest absolute Gasteiger partial charge is 0.506 e. The lowest BCUT2D eigenvalue weighted by molar-refractivity contribution is 0.0513. The molecule has 16 nitrogen and oxygen atoms in total. The number of guanidine groups is 1. The maximum absolute atomic E-state index is 13.7. The Morgan fingerprint density at radius 3 is 2.17 bits per heavy atom. The van der Waals surface area contributed by atoms with Gasteiger partial charge in [-0.25, -0.2) is 24.7 Å². The van der Waals surface area contributed by atoms with E-state index in [-0.39, 0.29) is 40.7 Å². The Hall–Kier alpha value is -9.02. The molecule has 0 saturated heterocycles. The number of benzene rings is 6. The molecule has 0 fully saturated rings. The predicted octanol–water partition coefficient (Wildman–Crippen LogP) is 8.48. The zero-order valence-corrected chi connectivity index (χ0v) is 37.3. The summed E-state index contributed by atoms with van der Waals surface area (Å²) in [6.45, 7) is 0.367. The lowest BCUT2D eigenvalue weighted by Gasteiger charge is -2.39. The molecule has 0 bridgehead atoms. The van der Waals surface area contributed by atoms with Gasteiger partial charge in [-0.1, -0.05) is 103 Å². The Kier molecular flexibility index (Phi) is 10.3. The third kappa shape index (κ3) is 7.30. The van der Waals surface area contributed by atoms with Crippen LogP contribution in [-0.2, 0) is 13.6 Å². The highest BCUT2D eigenvalue weighted by Crippen LogP contribution is 2.44. The Labute approximate surface area is 393 Å². The first-order valence-corrected chi connectivity index (χ1v) is 22.0. The van der Waals surface area contributed by atoms with E-state index in [1.54, 1.807) is 56.4 Å². The molecule has 0 aliphatic carbocycles. The van der Waals surface area contributed by atoms with Crippen molar-refractivity contribution in [3.8, 4) is 28.5 Å². The summed E-state index contributed by atoms with van der Waals surface area (Å²) in [6.07, 6.45) is -1.51. The number of nitrogens with zero attached hydrogens (tertiary/aromatic N) is 8. The van der Waals surface area contributed by atoms with E-state index >= 15 is 0 Å². The number of anilines is 1. The molecule has 342 valence electrons. The average molecular weight is 919 g/mol. The van der Waals surface area contributed by atoms with Crippen LogP contribution in [0.15, 0.2) is 170 Å². The highest BCUT2D eigenvalue weighted by Gasteiger charge is 2.37. The monoisotopic (exact) mass is 918 g/mol. The number of rotatable bonds is 9. The van der Waals surface area contributed by atoms with Crippen molar-refractivity contribution in [2.75, 3.05) is 19.0 Å². The van der Waals surface area contributed by atoms with Gasteiger partial charge in [-0.15, -0.1) is 0 Å². The van der Waals surface area contributed by atoms with Gasteiger partial charge in [0.25, 0.3) is 11.4 Å². The fourth-order valence-corrected chi connectivity index (χ4v) is 9.35. The molecule has 69 heavy (non-hydrogen) atoms. The molecule has 2 aliphatic rings. The van der Waals surface area contributed by atoms with Gasteiger partial charge in [-0.3, -0.25) is 9.36 Å². The Morgan fingerprint density at radius 2 is 1.41 bits per heavy atom. The first-order chi connectivity index (χ1) is 33.4. The summed E-state index contributed by atoms with van der Waals surface area (Å²) in [5.74, 6) is -1.49. The van der Waals surface area contributed by atoms with Crippen molar-refractivity contribution in [2.45, 2.75) is 24.9 Å². The Morgan fingerprint density at radius 1 is 0.739 bits per heavy atom. The number of oxazole rings is 2. The van der Waals surface area contributed by atoms with Crippen molar-refractivity contribution < 1.29 is 34.1 Å². The van der Waals surface area contributed by atoms with E-state index in [1.807, 2.05) is 102 Å². The lowest BCUT2D eigenvalue weighted by atomic mass is 9.94. The molecule has 9 aromatic rings. The average Bonchev–Trinajstić information content (AvgIpc) is 4.11. The summed E-state index contributed by atoms with van der Waals surface area (Å²) in [4.78, 5) is 49.9. The normalized spacial score (nSPS) is 16.3. The molecule has 0 radical (unpaired) electrons. The zero-order chi connectivity index (χ0) is 47.7. The number of likely N-dealkylation sites (N-methyl/N-ethyl adjacent to an activating group) is 1. The summed E-state index contributed by atoms with van der Waals surface area (Å²) < 4.78 is 13.5. The molecule has 0 saturated carbocycles. The van der Waals surface area contributed by atoms with E-state index in [1.165, 1.54) is 15.5 Å². The van der Waals surface area contributed by atoms with Crippen LogP contribution in [0.3, 0.4) is 0 Å². The summed E-state index contributed by atoms with van der Waals surface area (Å²) in [5, 5.41) is 43.7. The van der Waals surface area contributed by atoms with Crippen LogP contribution < -0.4 is 10.5 Å². The number of carbonyl (C=O) groups is 1. The van der Waals surface area contributed by atoms with Crippen molar-refractivity contribution in [3.63, 3.8) is 0 Å². The minimum absolute atomic E-state index is 0.0126. The quantitative estimate of drug-likeness (QED) is 0.107. The number of aromatic hydroxyl groups is 1. The number of aliphatic hydroxyl groups is 2. The molecule has 16 heteroatoms. The molecule has 5 heterocycles. The molecular weight excluding hydrogens is 877 g/mol. The second-order valence-electron chi connectivity index (χ2n) is 17.0. The van der Waals surface area contributed by atoms with Gasteiger partial charge in [0, 0.05) is 27.7 Å². The van der Waals surface area contributed by atoms with E-state index in [4.69, 9.17) is 23.8 Å². The topological polar surface area (TPSA) is 207 Å². The first kappa shape index (κ1) is 42.6. The second kappa shape index (κ2) is 16.7. The maximum Gasteiger partial charge on any atom is 0.335 e. The molecule has 11 rings (SSSR count).